The second kappa shape index (κ2) is 6.08. The molecule has 0 spiro atoms. The van der Waals surface area contributed by atoms with E-state index in [0.29, 0.717) is 3.57 Å². The van der Waals surface area contributed by atoms with E-state index in [-0.39, 0.29) is 23.5 Å². The SMILES string of the molecule is Nc1cc(I)c(F)cc1NCc1ccccc1C(F)(F)F. The molecule has 21 heavy (non-hydrogen) atoms. The molecule has 0 saturated heterocycles. The molecule has 112 valence electrons. The highest BCUT2D eigenvalue weighted by Crippen LogP contribution is 2.32. The van der Waals surface area contributed by atoms with Crippen molar-refractivity contribution in [3.63, 3.8) is 0 Å². The van der Waals surface area contributed by atoms with Gasteiger partial charge in [-0.15, -0.1) is 0 Å². The van der Waals surface area contributed by atoms with Crippen molar-refractivity contribution in [2.45, 2.75) is 12.7 Å². The number of rotatable bonds is 3. The number of hydrogen-bond acceptors (Lipinski definition) is 2. The second-order valence-electron chi connectivity index (χ2n) is 4.36. The molecular formula is C14H11F4IN2. The predicted octanol–water partition coefficient (Wildman–Crippen LogP) is 4.64. The average molecular weight is 410 g/mol. The molecule has 2 rings (SSSR count). The van der Waals surface area contributed by atoms with E-state index in [2.05, 4.69) is 5.32 Å². The van der Waals surface area contributed by atoms with E-state index in [1.54, 1.807) is 22.6 Å². The number of anilines is 2. The molecule has 0 radical (unpaired) electrons. The van der Waals surface area contributed by atoms with Gasteiger partial charge in [0.2, 0.25) is 0 Å². The number of hydrogen-bond donors (Lipinski definition) is 2. The minimum Gasteiger partial charge on any atom is -0.397 e. The maximum absolute atomic E-state index is 13.5. The van der Waals surface area contributed by atoms with Gasteiger partial charge >= 0.3 is 6.18 Å². The zero-order valence-electron chi connectivity index (χ0n) is 10.6. The summed E-state index contributed by atoms with van der Waals surface area (Å²) in [4.78, 5) is 0. The van der Waals surface area contributed by atoms with Crippen molar-refractivity contribution >= 4 is 34.0 Å². The van der Waals surface area contributed by atoms with Crippen LogP contribution in [-0.4, -0.2) is 0 Å². The summed E-state index contributed by atoms with van der Waals surface area (Å²) in [5.41, 5.74) is 5.63. The number of halogens is 5. The Morgan fingerprint density at radius 1 is 1.14 bits per heavy atom. The van der Waals surface area contributed by atoms with Crippen LogP contribution in [0.4, 0.5) is 28.9 Å². The highest BCUT2D eigenvalue weighted by Gasteiger charge is 2.32. The maximum Gasteiger partial charge on any atom is 0.416 e. The summed E-state index contributed by atoms with van der Waals surface area (Å²) < 4.78 is 52.4. The molecule has 0 aliphatic carbocycles. The first-order valence-electron chi connectivity index (χ1n) is 5.92. The van der Waals surface area contributed by atoms with Crippen molar-refractivity contribution in [1.82, 2.24) is 0 Å². The number of nitrogens with two attached hydrogens (primary N) is 1. The minimum atomic E-state index is -4.43. The standard InChI is InChI=1S/C14H11F4IN2/c15-10-5-13(12(20)6-11(10)19)21-7-8-3-1-2-4-9(8)14(16,17)18/h1-6,21H,7,20H2. The van der Waals surface area contributed by atoms with Crippen LogP contribution in [0.5, 0.6) is 0 Å². The lowest BCUT2D eigenvalue weighted by atomic mass is 10.1. The summed E-state index contributed by atoms with van der Waals surface area (Å²) in [6.07, 6.45) is -4.43. The lowest BCUT2D eigenvalue weighted by molar-refractivity contribution is -0.138. The molecule has 0 heterocycles. The second-order valence-corrected chi connectivity index (χ2v) is 5.52. The van der Waals surface area contributed by atoms with Crippen LogP contribution >= 0.6 is 22.6 Å². The van der Waals surface area contributed by atoms with E-state index < -0.39 is 17.6 Å². The van der Waals surface area contributed by atoms with Gasteiger partial charge in [0.05, 0.1) is 20.5 Å². The number of nitrogens with one attached hydrogen (secondary N) is 1. The Kier molecular flexibility index (Phi) is 4.60. The Hall–Kier alpha value is -1.51. The summed E-state index contributed by atoms with van der Waals surface area (Å²) in [5.74, 6) is -0.476. The van der Waals surface area contributed by atoms with Gasteiger partial charge in [0.15, 0.2) is 0 Å². The Morgan fingerprint density at radius 3 is 2.48 bits per heavy atom. The summed E-state index contributed by atoms with van der Waals surface area (Å²) in [7, 11) is 0. The van der Waals surface area contributed by atoms with Crippen molar-refractivity contribution in [2.24, 2.45) is 0 Å². The molecule has 2 nitrogen and oxygen atoms in total. The molecule has 0 atom stereocenters. The van der Waals surface area contributed by atoms with E-state index in [1.807, 2.05) is 0 Å². The van der Waals surface area contributed by atoms with Gasteiger partial charge < -0.3 is 11.1 Å². The van der Waals surface area contributed by atoms with Gasteiger partial charge in [-0.25, -0.2) is 4.39 Å². The van der Waals surface area contributed by atoms with Gasteiger partial charge in [-0.1, -0.05) is 18.2 Å². The third kappa shape index (κ3) is 3.78. The first-order chi connectivity index (χ1) is 9.79. The van der Waals surface area contributed by atoms with Crippen LogP contribution in [0.1, 0.15) is 11.1 Å². The quantitative estimate of drug-likeness (QED) is 0.440. The van der Waals surface area contributed by atoms with Crippen molar-refractivity contribution in [2.75, 3.05) is 11.1 Å². The zero-order valence-corrected chi connectivity index (χ0v) is 12.8. The van der Waals surface area contributed by atoms with Gasteiger partial charge in [-0.3, -0.25) is 0 Å². The van der Waals surface area contributed by atoms with Crippen LogP contribution in [0.3, 0.4) is 0 Å². The Labute approximate surface area is 132 Å². The molecule has 0 amide bonds. The first kappa shape index (κ1) is 15.9. The molecular weight excluding hydrogens is 399 g/mol. The molecule has 0 fully saturated rings. The number of alkyl halides is 3. The molecule has 2 aromatic carbocycles. The number of nitrogen functional groups attached to an aromatic ring is 1. The molecule has 2 aromatic rings. The molecule has 0 aromatic heterocycles. The summed E-state index contributed by atoms with van der Waals surface area (Å²) in [6.45, 7) is -0.0973. The van der Waals surface area contributed by atoms with E-state index in [1.165, 1.54) is 30.3 Å². The highest BCUT2D eigenvalue weighted by molar-refractivity contribution is 14.1. The summed E-state index contributed by atoms with van der Waals surface area (Å²) in [6, 6.07) is 7.82. The summed E-state index contributed by atoms with van der Waals surface area (Å²) >= 11 is 1.79. The zero-order chi connectivity index (χ0) is 15.6. The normalized spacial score (nSPS) is 11.5. The lowest BCUT2D eigenvalue weighted by Crippen LogP contribution is -2.12. The smallest absolute Gasteiger partial charge is 0.397 e. The largest absolute Gasteiger partial charge is 0.416 e. The average Bonchev–Trinajstić information content (AvgIpc) is 2.41. The van der Waals surface area contributed by atoms with E-state index in [9.17, 15) is 17.6 Å². The van der Waals surface area contributed by atoms with Crippen LogP contribution in [-0.2, 0) is 12.7 Å². The summed E-state index contributed by atoms with van der Waals surface area (Å²) in [5, 5.41) is 2.74. The van der Waals surface area contributed by atoms with Gasteiger partial charge in [0, 0.05) is 12.6 Å². The molecule has 0 saturated carbocycles. The van der Waals surface area contributed by atoms with Crippen molar-refractivity contribution in [3.8, 4) is 0 Å². The molecule has 0 unspecified atom stereocenters. The topological polar surface area (TPSA) is 38.0 Å². The van der Waals surface area contributed by atoms with E-state index in [4.69, 9.17) is 5.73 Å². The van der Waals surface area contributed by atoms with E-state index >= 15 is 0 Å². The molecule has 0 aliphatic heterocycles. The van der Waals surface area contributed by atoms with Gasteiger partial charge in [-0.05, 0) is 40.3 Å². The predicted molar refractivity (Wildman–Crippen MR) is 82.3 cm³/mol. The van der Waals surface area contributed by atoms with Crippen LogP contribution in [0.15, 0.2) is 36.4 Å². The van der Waals surface area contributed by atoms with Gasteiger partial charge in [0.25, 0.3) is 0 Å². The Morgan fingerprint density at radius 2 is 1.81 bits per heavy atom. The third-order valence-electron chi connectivity index (χ3n) is 2.88. The van der Waals surface area contributed by atoms with Crippen LogP contribution < -0.4 is 11.1 Å². The number of benzene rings is 2. The molecule has 7 heteroatoms. The fraction of sp³-hybridized carbons (Fsp3) is 0.143. The van der Waals surface area contributed by atoms with Crippen molar-refractivity contribution in [3.05, 3.63) is 56.9 Å². The van der Waals surface area contributed by atoms with Gasteiger partial charge in [0.1, 0.15) is 5.82 Å². The van der Waals surface area contributed by atoms with E-state index in [0.717, 1.165) is 6.07 Å². The fourth-order valence-corrected chi connectivity index (χ4v) is 2.35. The third-order valence-corrected chi connectivity index (χ3v) is 3.71. The van der Waals surface area contributed by atoms with Crippen LogP contribution in [0, 0.1) is 9.39 Å². The Balaban J connectivity index is 2.23. The minimum absolute atomic E-state index is 0.0726. The van der Waals surface area contributed by atoms with Crippen LogP contribution in [0.2, 0.25) is 0 Å². The molecule has 0 bridgehead atoms. The fourth-order valence-electron chi connectivity index (χ4n) is 1.86. The molecule has 3 N–H and O–H groups in total. The maximum atomic E-state index is 13.5. The first-order valence-corrected chi connectivity index (χ1v) is 7.00. The Bertz CT molecular complexity index is 656. The molecule has 0 aliphatic rings. The van der Waals surface area contributed by atoms with Crippen molar-refractivity contribution < 1.29 is 17.6 Å². The monoisotopic (exact) mass is 410 g/mol. The lowest BCUT2D eigenvalue weighted by Gasteiger charge is -2.15. The van der Waals surface area contributed by atoms with Gasteiger partial charge in [-0.2, -0.15) is 13.2 Å². The highest BCUT2D eigenvalue weighted by atomic mass is 127. The van der Waals surface area contributed by atoms with Crippen molar-refractivity contribution in [1.29, 1.82) is 0 Å². The van der Waals surface area contributed by atoms with Crippen LogP contribution in [0.25, 0.3) is 0 Å².